The smallest absolute Gasteiger partial charge is 0.338 e. The summed E-state index contributed by atoms with van der Waals surface area (Å²) < 4.78 is 5.57. The van der Waals surface area contributed by atoms with Gasteiger partial charge in [0, 0.05) is 21.7 Å². The van der Waals surface area contributed by atoms with Crippen LogP contribution in [-0.2, 0) is 9.53 Å². The molecule has 0 spiro atoms. The van der Waals surface area contributed by atoms with Crippen molar-refractivity contribution in [2.75, 3.05) is 6.54 Å². The van der Waals surface area contributed by atoms with E-state index in [2.05, 4.69) is 20.8 Å². The summed E-state index contributed by atoms with van der Waals surface area (Å²) in [5.74, 6) is -0.336. The van der Waals surface area contributed by atoms with E-state index < -0.39 is 0 Å². The van der Waals surface area contributed by atoms with E-state index in [1.54, 1.807) is 0 Å². The van der Waals surface area contributed by atoms with Gasteiger partial charge in [-0.25, -0.2) is 4.79 Å². The molecule has 0 bridgehead atoms. The minimum Gasteiger partial charge on any atom is -0.453 e. The molecule has 0 amide bonds. The molecule has 2 aromatic heterocycles. The van der Waals surface area contributed by atoms with E-state index in [1.165, 1.54) is 11.3 Å². The molecular formula is C14H16N4O2S2. The van der Waals surface area contributed by atoms with Crippen molar-refractivity contribution in [1.82, 2.24) is 20.8 Å². The molecule has 3 rings (SSSR count). The van der Waals surface area contributed by atoms with E-state index >= 15 is 0 Å². The first-order valence-electron chi connectivity index (χ1n) is 6.85. The van der Waals surface area contributed by atoms with Crippen molar-refractivity contribution in [3.05, 3.63) is 27.9 Å². The quantitative estimate of drug-likeness (QED) is 0.589. The summed E-state index contributed by atoms with van der Waals surface area (Å²) in [6.07, 6.45) is -0.319. The first-order valence-corrected chi connectivity index (χ1v) is 8.08. The number of esters is 1. The number of ether oxygens (including phenoxy) is 1. The van der Waals surface area contributed by atoms with Gasteiger partial charge in [-0.1, -0.05) is 0 Å². The first-order chi connectivity index (χ1) is 10.5. The molecule has 3 N–H and O–H groups in total. The zero-order chi connectivity index (χ0) is 15.9. The molecule has 8 heteroatoms. The summed E-state index contributed by atoms with van der Waals surface area (Å²) >= 11 is 6.54. The van der Waals surface area contributed by atoms with Gasteiger partial charge < -0.3 is 15.4 Å². The van der Waals surface area contributed by atoms with Gasteiger partial charge in [0.05, 0.1) is 12.1 Å². The minimum atomic E-state index is -0.336. The number of carbonyl (C=O) groups excluding carboxylic acids is 1. The third-order valence-electron chi connectivity index (χ3n) is 3.57. The lowest BCUT2D eigenvalue weighted by Gasteiger charge is -2.22. The first kappa shape index (κ1) is 15.0. The van der Waals surface area contributed by atoms with E-state index in [4.69, 9.17) is 17.0 Å². The van der Waals surface area contributed by atoms with Crippen LogP contribution in [0.15, 0.2) is 17.3 Å². The van der Waals surface area contributed by atoms with Crippen molar-refractivity contribution in [2.45, 2.75) is 26.9 Å². The average Bonchev–Trinajstić information content (AvgIpc) is 3.01. The van der Waals surface area contributed by atoms with Crippen LogP contribution in [0.3, 0.4) is 0 Å². The SMILES string of the molecule is CC1=C(C(=O)OC(C)c2cc3c(C)[nH]nc3s2)CNC(=S)N1. The molecule has 0 saturated carbocycles. The Hall–Kier alpha value is -1.93. The summed E-state index contributed by atoms with van der Waals surface area (Å²) in [6, 6.07) is 2.02. The van der Waals surface area contributed by atoms with E-state index in [0.29, 0.717) is 17.2 Å². The molecule has 0 fully saturated rings. The Morgan fingerprint density at radius 1 is 1.50 bits per heavy atom. The molecule has 0 saturated heterocycles. The molecule has 22 heavy (non-hydrogen) atoms. The molecule has 1 unspecified atom stereocenters. The van der Waals surface area contributed by atoms with Crippen LogP contribution in [0.1, 0.15) is 30.5 Å². The highest BCUT2D eigenvalue weighted by molar-refractivity contribution is 7.80. The second-order valence-electron chi connectivity index (χ2n) is 5.17. The Kier molecular flexibility index (Phi) is 3.88. The second-order valence-corrected chi connectivity index (χ2v) is 6.65. The maximum Gasteiger partial charge on any atom is 0.338 e. The number of H-pyrrole nitrogens is 1. The number of hydrogen-bond acceptors (Lipinski definition) is 5. The molecule has 1 atom stereocenters. The second kappa shape index (κ2) is 5.69. The van der Waals surface area contributed by atoms with Crippen LogP contribution in [0, 0.1) is 6.92 Å². The monoisotopic (exact) mass is 336 g/mol. The number of nitrogens with zero attached hydrogens (tertiary/aromatic N) is 1. The van der Waals surface area contributed by atoms with Gasteiger partial charge in [0.2, 0.25) is 0 Å². The molecular weight excluding hydrogens is 320 g/mol. The number of thiocarbonyl (C=S) groups is 1. The van der Waals surface area contributed by atoms with E-state index in [0.717, 1.165) is 26.5 Å². The minimum absolute atomic E-state index is 0.319. The molecule has 116 valence electrons. The number of nitrogens with one attached hydrogen (secondary N) is 3. The topological polar surface area (TPSA) is 79.0 Å². The largest absolute Gasteiger partial charge is 0.453 e. The highest BCUT2D eigenvalue weighted by Crippen LogP contribution is 2.32. The number of rotatable bonds is 3. The van der Waals surface area contributed by atoms with Crippen molar-refractivity contribution in [1.29, 1.82) is 0 Å². The highest BCUT2D eigenvalue weighted by atomic mass is 32.1. The van der Waals surface area contributed by atoms with Crippen LogP contribution in [0.25, 0.3) is 10.2 Å². The Balaban J connectivity index is 1.76. The molecule has 6 nitrogen and oxygen atoms in total. The predicted octanol–water partition coefficient (Wildman–Crippen LogP) is 2.29. The van der Waals surface area contributed by atoms with Crippen molar-refractivity contribution in [3.63, 3.8) is 0 Å². The number of aromatic nitrogens is 2. The average molecular weight is 336 g/mol. The van der Waals surface area contributed by atoms with E-state index in [-0.39, 0.29) is 12.1 Å². The van der Waals surface area contributed by atoms with Gasteiger partial charge in [0.25, 0.3) is 0 Å². The molecule has 2 aromatic rings. The molecule has 0 aliphatic carbocycles. The molecule has 1 aliphatic rings. The number of aromatic amines is 1. The van der Waals surface area contributed by atoms with Crippen molar-refractivity contribution in [3.8, 4) is 0 Å². The third kappa shape index (κ3) is 2.71. The third-order valence-corrected chi connectivity index (χ3v) is 5.01. The number of aryl methyl sites for hydroxylation is 1. The number of thiophene rings is 1. The molecule has 1 aliphatic heterocycles. The zero-order valence-corrected chi connectivity index (χ0v) is 14.1. The Bertz CT molecular complexity index is 790. The van der Waals surface area contributed by atoms with Crippen LogP contribution in [0.2, 0.25) is 0 Å². The van der Waals surface area contributed by atoms with Gasteiger partial charge in [0.1, 0.15) is 10.9 Å². The van der Waals surface area contributed by atoms with Gasteiger partial charge >= 0.3 is 5.97 Å². The highest BCUT2D eigenvalue weighted by Gasteiger charge is 2.23. The lowest BCUT2D eigenvalue weighted by Crippen LogP contribution is -2.43. The Labute approximate surface area is 136 Å². The lowest BCUT2D eigenvalue weighted by molar-refractivity contribution is -0.143. The van der Waals surface area contributed by atoms with Crippen molar-refractivity contribution < 1.29 is 9.53 Å². The molecule has 0 aromatic carbocycles. The maximum atomic E-state index is 12.3. The standard InChI is InChI=1S/C14H16N4O2S2/c1-6-10(5-15-14(21)16-6)13(19)20-8(3)11-4-9-7(2)17-18-12(9)22-11/h4,8H,5H2,1-3H3,(H,17,18)(H2,15,16,21). The number of fused-ring (bicyclic) bond motifs is 1. The number of hydrogen-bond donors (Lipinski definition) is 3. The Morgan fingerprint density at radius 2 is 2.27 bits per heavy atom. The summed E-state index contributed by atoms with van der Waals surface area (Å²) in [7, 11) is 0. The normalized spacial score (nSPS) is 16.4. The van der Waals surface area contributed by atoms with Gasteiger partial charge in [-0.05, 0) is 39.1 Å². The van der Waals surface area contributed by atoms with Gasteiger partial charge in [-0.2, -0.15) is 5.10 Å². The fourth-order valence-corrected chi connectivity index (χ4v) is 3.51. The van der Waals surface area contributed by atoms with Gasteiger partial charge in [0.15, 0.2) is 5.11 Å². The summed E-state index contributed by atoms with van der Waals surface area (Å²) in [5.41, 5.74) is 2.32. The van der Waals surface area contributed by atoms with Crippen molar-refractivity contribution >= 4 is 44.9 Å². The zero-order valence-electron chi connectivity index (χ0n) is 12.4. The number of carbonyl (C=O) groups is 1. The van der Waals surface area contributed by atoms with Crippen LogP contribution in [-0.4, -0.2) is 27.8 Å². The Morgan fingerprint density at radius 3 is 2.95 bits per heavy atom. The predicted molar refractivity (Wildman–Crippen MR) is 89.7 cm³/mol. The van der Waals surface area contributed by atoms with Crippen LogP contribution >= 0.6 is 23.6 Å². The van der Waals surface area contributed by atoms with Crippen LogP contribution < -0.4 is 10.6 Å². The summed E-state index contributed by atoms with van der Waals surface area (Å²) in [5, 5.41) is 14.6. The molecule has 3 heterocycles. The summed E-state index contributed by atoms with van der Waals surface area (Å²) in [6.45, 7) is 6.04. The fourth-order valence-electron chi connectivity index (χ4n) is 2.25. The van der Waals surface area contributed by atoms with Crippen molar-refractivity contribution in [2.24, 2.45) is 0 Å². The maximum absolute atomic E-state index is 12.3. The molecule has 0 radical (unpaired) electrons. The lowest BCUT2D eigenvalue weighted by atomic mass is 10.2. The van der Waals surface area contributed by atoms with E-state index in [9.17, 15) is 4.79 Å². The fraction of sp³-hybridized carbons (Fsp3) is 0.357. The summed E-state index contributed by atoms with van der Waals surface area (Å²) in [4.78, 5) is 14.2. The van der Waals surface area contributed by atoms with E-state index in [1.807, 2.05) is 26.8 Å². The van der Waals surface area contributed by atoms with Crippen LogP contribution in [0.5, 0.6) is 0 Å². The van der Waals surface area contributed by atoms with Gasteiger partial charge in [-0.15, -0.1) is 11.3 Å². The number of allylic oxidation sites excluding steroid dienone is 1. The van der Waals surface area contributed by atoms with Crippen LogP contribution in [0.4, 0.5) is 0 Å². The van der Waals surface area contributed by atoms with Gasteiger partial charge in [-0.3, -0.25) is 5.10 Å².